The van der Waals surface area contributed by atoms with Gasteiger partial charge < -0.3 is 4.74 Å². The molecule has 0 aliphatic carbocycles. The van der Waals surface area contributed by atoms with Crippen LogP contribution in [0.1, 0.15) is 35.7 Å². The fourth-order valence-corrected chi connectivity index (χ4v) is 1.34. The number of carbonyl (C=O) groups excluding carboxylic acids is 1. The lowest BCUT2D eigenvalue weighted by molar-refractivity contribution is 0.0505. The van der Waals surface area contributed by atoms with Crippen LogP contribution in [-0.2, 0) is 11.2 Å². The van der Waals surface area contributed by atoms with Crippen LogP contribution in [0.3, 0.4) is 0 Å². The second-order valence-electron chi connectivity index (χ2n) is 3.44. The highest BCUT2D eigenvalue weighted by Gasteiger charge is 2.06. The van der Waals surface area contributed by atoms with Gasteiger partial charge in [0.1, 0.15) is 0 Å². The minimum Gasteiger partial charge on any atom is -0.462 e. The molecule has 0 saturated heterocycles. The SMILES string of the molecule is [CH2]CCc1cccc(C(=O)OCCC)c1. The molecule has 0 heterocycles. The van der Waals surface area contributed by atoms with E-state index >= 15 is 0 Å². The molecular formula is C13H17O2. The Labute approximate surface area is 91.3 Å². The molecule has 0 aliphatic rings. The zero-order valence-corrected chi connectivity index (χ0v) is 9.16. The first-order chi connectivity index (χ1) is 7.27. The third kappa shape index (κ3) is 3.74. The van der Waals surface area contributed by atoms with Crippen molar-refractivity contribution in [2.75, 3.05) is 6.61 Å². The molecule has 81 valence electrons. The Hall–Kier alpha value is -1.31. The molecule has 0 spiro atoms. The summed E-state index contributed by atoms with van der Waals surface area (Å²) in [5, 5.41) is 0. The van der Waals surface area contributed by atoms with E-state index in [0.717, 1.165) is 24.8 Å². The lowest BCUT2D eigenvalue weighted by Crippen LogP contribution is -2.06. The second-order valence-corrected chi connectivity index (χ2v) is 3.44. The number of rotatable bonds is 5. The summed E-state index contributed by atoms with van der Waals surface area (Å²) in [5.41, 5.74) is 1.77. The fourth-order valence-electron chi connectivity index (χ4n) is 1.34. The van der Waals surface area contributed by atoms with E-state index in [2.05, 4.69) is 6.92 Å². The van der Waals surface area contributed by atoms with Crippen LogP contribution in [-0.4, -0.2) is 12.6 Å². The molecule has 1 aromatic carbocycles. The van der Waals surface area contributed by atoms with Crippen LogP contribution in [0.2, 0.25) is 0 Å². The van der Waals surface area contributed by atoms with E-state index in [1.165, 1.54) is 0 Å². The summed E-state index contributed by atoms with van der Waals surface area (Å²) in [6.45, 7) is 6.25. The number of benzene rings is 1. The van der Waals surface area contributed by atoms with Gasteiger partial charge in [0.15, 0.2) is 0 Å². The predicted octanol–water partition coefficient (Wildman–Crippen LogP) is 3.02. The van der Waals surface area contributed by atoms with E-state index in [-0.39, 0.29) is 5.97 Å². The Balaban J connectivity index is 2.67. The molecule has 2 nitrogen and oxygen atoms in total. The Bertz CT molecular complexity index is 318. The van der Waals surface area contributed by atoms with E-state index in [4.69, 9.17) is 4.74 Å². The fraction of sp³-hybridized carbons (Fsp3) is 0.385. The van der Waals surface area contributed by atoms with Gasteiger partial charge in [0, 0.05) is 0 Å². The van der Waals surface area contributed by atoms with Gasteiger partial charge >= 0.3 is 5.97 Å². The summed E-state index contributed by atoms with van der Waals surface area (Å²) in [6.07, 6.45) is 2.59. The molecule has 1 radical (unpaired) electrons. The van der Waals surface area contributed by atoms with Gasteiger partial charge in [0.05, 0.1) is 12.2 Å². The van der Waals surface area contributed by atoms with Crippen LogP contribution >= 0.6 is 0 Å². The molecule has 0 atom stereocenters. The zero-order chi connectivity index (χ0) is 11.1. The van der Waals surface area contributed by atoms with E-state index in [9.17, 15) is 4.79 Å². The molecule has 0 unspecified atom stereocenters. The normalized spacial score (nSPS) is 10.0. The molecule has 1 rings (SSSR count). The van der Waals surface area contributed by atoms with Crippen molar-refractivity contribution in [3.8, 4) is 0 Å². The molecule has 0 aliphatic heterocycles. The van der Waals surface area contributed by atoms with Gasteiger partial charge in [-0.15, -0.1) is 0 Å². The van der Waals surface area contributed by atoms with Gasteiger partial charge in [0.25, 0.3) is 0 Å². The van der Waals surface area contributed by atoms with E-state index in [0.29, 0.717) is 12.2 Å². The minimum absolute atomic E-state index is 0.234. The first kappa shape index (κ1) is 11.8. The molecule has 2 heteroatoms. The molecule has 0 amide bonds. The van der Waals surface area contributed by atoms with Gasteiger partial charge in [-0.2, -0.15) is 0 Å². The van der Waals surface area contributed by atoms with Crippen LogP contribution in [0, 0.1) is 6.92 Å². The number of aryl methyl sites for hydroxylation is 1. The van der Waals surface area contributed by atoms with Gasteiger partial charge in [-0.3, -0.25) is 0 Å². The van der Waals surface area contributed by atoms with Gasteiger partial charge in [-0.25, -0.2) is 4.79 Å². The molecule has 15 heavy (non-hydrogen) atoms. The first-order valence-corrected chi connectivity index (χ1v) is 5.33. The van der Waals surface area contributed by atoms with Crippen molar-refractivity contribution in [3.63, 3.8) is 0 Å². The minimum atomic E-state index is -0.234. The topological polar surface area (TPSA) is 26.3 Å². The third-order valence-corrected chi connectivity index (χ3v) is 2.07. The maximum Gasteiger partial charge on any atom is 0.338 e. The average molecular weight is 205 g/mol. The van der Waals surface area contributed by atoms with E-state index < -0.39 is 0 Å². The lowest BCUT2D eigenvalue weighted by Gasteiger charge is -2.04. The highest BCUT2D eigenvalue weighted by molar-refractivity contribution is 5.89. The largest absolute Gasteiger partial charge is 0.462 e. The lowest BCUT2D eigenvalue weighted by atomic mass is 10.1. The average Bonchev–Trinajstić information content (AvgIpc) is 2.27. The number of hydrogen-bond acceptors (Lipinski definition) is 2. The maximum absolute atomic E-state index is 11.5. The number of ether oxygens (including phenoxy) is 1. The van der Waals surface area contributed by atoms with Crippen molar-refractivity contribution < 1.29 is 9.53 Å². The van der Waals surface area contributed by atoms with E-state index in [1.807, 2.05) is 25.1 Å². The molecule has 0 N–H and O–H groups in total. The second kappa shape index (κ2) is 6.23. The predicted molar refractivity (Wildman–Crippen MR) is 60.7 cm³/mol. The highest BCUT2D eigenvalue weighted by atomic mass is 16.5. The summed E-state index contributed by atoms with van der Waals surface area (Å²) >= 11 is 0. The van der Waals surface area contributed by atoms with Crippen LogP contribution in [0.5, 0.6) is 0 Å². The molecule has 0 bridgehead atoms. The molecule has 1 aromatic rings. The van der Waals surface area contributed by atoms with Crippen molar-refractivity contribution in [1.82, 2.24) is 0 Å². The third-order valence-electron chi connectivity index (χ3n) is 2.07. The van der Waals surface area contributed by atoms with E-state index in [1.54, 1.807) is 6.07 Å². The zero-order valence-electron chi connectivity index (χ0n) is 9.16. The maximum atomic E-state index is 11.5. The Morgan fingerprint density at radius 3 is 2.93 bits per heavy atom. The Morgan fingerprint density at radius 2 is 2.27 bits per heavy atom. The van der Waals surface area contributed by atoms with Crippen molar-refractivity contribution in [3.05, 3.63) is 42.3 Å². The molecule has 0 fully saturated rings. The highest BCUT2D eigenvalue weighted by Crippen LogP contribution is 2.08. The van der Waals surface area contributed by atoms with Crippen molar-refractivity contribution in [1.29, 1.82) is 0 Å². The summed E-state index contributed by atoms with van der Waals surface area (Å²) in [7, 11) is 0. The van der Waals surface area contributed by atoms with Crippen molar-refractivity contribution in [2.45, 2.75) is 26.2 Å². The summed E-state index contributed by atoms with van der Waals surface area (Å²) in [6, 6.07) is 7.54. The van der Waals surface area contributed by atoms with Crippen LogP contribution in [0.15, 0.2) is 24.3 Å². The van der Waals surface area contributed by atoms with Gasteiger partial charge in [-0.05, 0) is 37.0 Å². The molecule has 0 aromatic heterocycles. The monoisotopic (exact) mass is 205 g/mol. The van der Waals surface area contributed by atoms with Crippen molar-refractivity contribution >= 4 is 5.97 Å². The standard InChI is InChI=1S/C13H17O2/c1-3-6-11-7-5-8-12(10-11)13(14)15-9-4-2/h5,7-8,10H,1,3-4,6,9H2,2H3. The van der Waals surface area contributed by atoms with Gasteiger partial charge in [0.2, 0.25) is 0 Å². The quantitative estimate of drug-likeness (QED) is 0.691. The summed E-state index contributed by atoms with van der Waals surface area (Å²) < 4.78 is 5.06. The number of hydrogen-bond donors (Lipinski definition) is 0. The van der Waals surface area contributed by atoms with Gasteiger partial charge in [-0.1, -0.05) is 26.0 Å². The van der Waals surface area contributed by atoms with Crippen LogP contribution < -0.4 is 0 Å². The summed E-state index contributed by atoms with van der Waals surface area (Å²) in [4.78, 5) is 11.5. The smallest absolute Gasteiger partial charge is 0.338 e. The summed E-state index contributed by atoms with van der Waals surface area (Å²) in [5.74, 6) is -0.234. The van der Waals surface area contributed by atoms with Crippen LogP contribution in [0.25, 0.3) is 0 Å². The number of carbonyl (C=O) groups is 1. The Kier molecular flexibility index (Phi) is 4.88. The number of esters is 1. The molecular weight excluding hydrogens is 188 g/mol. The Morgan fingerprint density at radius 1 is 1.47 bits per heavy atom. The van der Waals surface area contributed by atoms with Crippen LogP contribution in [0.4, 0.5) is 0 Å². The first-order valence-electron chi connectivity index (χ1n) is 5.33. The molecule has 0 saturated carbocycles. The van der Waals surface area contributed by atoms with Crippen molar-refractivity contribution in [2.24, 2.45) is 0 Å².